The molecule has 0 unspecified atom stereocenters. The molecule has 0 aliphatic heterocycles. The molecule has 6 heteroatoms. The fourth-order valence-corrected chi connectivity index (χ4v) is 2.40. The molecule has 0 spiro atoms. The summed E-state index contributed by atoms with van der Waals surface area (Å²) in [5.41, 5.74) is 6.66. The van der Waals surface area contributed by atoms with Crippen LogP contribution in [-0.2, 0) is 5.41 Å². The Labute approximate surface area is 90.7 Å². The van der Waals surface area contributed by atoms with Crippen LogP contribution in [0.15, 0.2) is 0 Å². The van der Waals surface area contributed by atoms with Gasteiger partial charge in [-0.1, -0.05) is 20.8 Å². The first-order valence-electron chi connectivity index (χ1n) is 4.55. The molecule has 0 aromatic carbocycles. The lowest BCUT2D eigenvalue weighted by Gasteiger charge is -2.14. The van der Waals surface area contributed by atoms with Crippen molar-refractivity contribution < 1.29 is 4.79 Å². The van der Waals surface area contributed by atoms with Gasteiger partial charge in [0, 0.05) is 5.41 Å². The Morgan fingerprint density at radius 2 is 2.13 bits per heavy atom. The molecule has 0 atom stereocenters. The smallest absolute Gasteiger partial charge is 0.277 e. The molecule has 2 heterocycles. The van der Waals surface area contributed by atoms with Crippen LogP contribution in [0.25, 0.3) is 10.3 Å². The standard InChI is InChI=1S/C9H12N4OS/c1-9(2,3)5-4-7(13-12-5)11-8(15-4)6(10)14/h1-3H3,(H2,10,14)(H,12,13). The number of fused-ring (bicyclic) bond motifs is 1. The van der Waals surface area contributed by atoms with Crippen LogP contribution in [0, 0.1) is 0 Å². The number of H-pyrrole nitrogens is 1. The van der Waals surface area contributed by atoms with Gasteiger partial charge in [0.15, 0.2) is 10.7 Å². The topological polar surface area (TPSA) is 84.7 Å². The number of amides is 1. The predicted molar refractivity (Wildman–Crippen MR) is 59.0 cm³/mol. The predicted octanol–water partition coefficient (Wildman–Crippen LogP) is 1.42. The number of hydrogen-bond donors (Lipinski definition) is 2. The number of nitrogens with two attached hydrogens (primary N) is 1. The van der Waals surface area contributed by atoms with Gasteiger partial charge in [0.1, 0.15) is 0 Å². The van der Waals surface area contributed by atoms with E-state index in [2.05, 4.69) is 36.0 Å². The number of nitrogens with one attached hydrogen (secondary N) is 1. The van der Waals surface area contributed by atoms with Crippen molar-refractivity contribution in [3.63, 3.8) is 0 Å². The highest BCUT2D eigenvalue weighted by Crippen LogP contribution is 2.31. The van der Waals surface area contributed by atoms with Crippen LogP contribution in [0.2, 0.25) is 0 Å². The first-order valence-corrected chi connectivity index (χ1v) is 5.36. The van der Waals surface area contributed by atoms with E-state index in [-0.39, 0.29) is 5.41 Å². The zero-order valence-corrected chi connectivity index (χ0v) is 9.60. The van der Waals surface area contributed by atoms with Gasteiger partial charge in [-0.15, -0.1) is 11.3 Å². The zero-order chi connectivity index (χ0) is 11.2. The molecule has 0 saturated heterocycles. The van der Waals surface area contributed by atoms with Gasteiger partial charge in [-0.2, -0.15) is 5.10 Å². The van der Waals surface area contributed by atoms with E-state index >= 15 is 0 Å². The number of primary amides is 1. The first kappa shape index (κ1) is 10.1. The third-order valence-corrected chi connectivity index (χ3v) is 3.11. The van der Waals surface area contributed by atoms with Crippen LogP contribution in [0.3, 0.4) is 0 Å². The van der Waals surface area contributed by atoms with Crippen LogP contribution in [0.4, 0.5) is 0 Å². The molecule has 15 heavy (non-hydrogen) atoms. The van der Waals surface area contributed by atoms with Crippen molar-refractivity contribution >= 4 is 27.6 Å². The number of thiazole rings is 1. The monoisotopic (exact) mass is 224 g/mol. The molecule has 0 fully saturated rings. The lowest BCUT2D eigenvalue weighted by atomic mass is 9.92. The average Bonchev–Trinajstić information content (AvgIpc) is 2.56. The van der Waals surface area contributed by atoms with Crippen molar-refractivity contribution in [2.24, 2.45) is 5.73 Å². The number of carbonyl (C=O) groups is 1. The Balaban J connectivity index is 2.64. The number of rotatable bonds is 1. The minimum absolute atomic E-state index is 0.0697. The maximum atomic E-state index is 11.0. The summed E-state index contributed by atoms with van der Waals surface area (Å²) in [5.74, 6) is -0.496. The van der Waals surface area contributed by atoms with E-state index in [9.17, 15) is 4.79 Å². The third-order valence-electron chi connectivity index (χ3n) is 2.04. The Bertz CT molecular complexity index is 520. The normalized spacial score (nSPS) is 12.2. The van der Waals surface area contributed by atoms with E-state index in [1.54, 1.807) is 0 Å². The Kier molecular flexibility index (Phi) is 2.04. The van der Waals surface area contributed by atoms with Crippen LogP contribution < -0.4 is 5.73 Å². The molecule has 5 nitrogen and oxygen atoms in total. The zero-order valence-electron chi connectivity index (χ0n) is 8.79. The lowest BCUT2D eigenvalue weighted by Crippen LogP contribution is -2.12. The average molecular weight is 224 g/mol. The maximum Gasteiger partial charge on any atom is 0.277 e. The van der Waals surface area contributed by atoms with Crippen molar-refractivity contribution in [3.8, 4) is 0 Å². The summed E-state index contributed by atoms with van der Waals surface area (Å²) in [4.78, 5) is 15.0. The van der Waals surface area contributed by atoms with Gasteiger partial charge in [-0.25, -0.2) is 4.98 Å². The van der Waals surface area contributed by atoms with Crippen molar-refractivity contribution in [2.45, 2.75) is 26.2 Å². The summed E-state index contributed by atoms with van der Waals surface area (Å²) in [7, 11) is 0. The number of nitrogens with zero attached hydrogens (tertiary/aromatic N) is 2. The quantitative estimate of drug-likeness (QED) is 0.768. The molecule has 2 rings (SSSR count). The van der Waals surface area contributed by atoms with E-state index in [0.717, 1.165) is 10.4 Å². The molecule has 2 aromatic rings. The van der Waals surface area contributed by atoms with Gasteiger partial charge in [0.25, 0.3) is 5.91 Å². The van der Waals surface area contributed by atoms with Gasteiger partial charge in [0.2, 0.25) is 0 Å². The molecule has 0 aliphatic rings. The van der Waals surface area contributed by atoms with E-state index in [0.29, 0.717) is 10.7 Å². The molecule has 3 N–H and O–H groups in total. The molecule has 0 aliphatic carbocycles. The summed E-state index contributed by atoms with van der Waals surface area (Å²) in [5, 5.41) is 7.33. The fourth-order valence-electron chi connectivity index (χ4n) is 1.33. The minimum atomic E-state index is -0.496. The summed E-state index contributed by atoms with van der Waals surface area (Å²) in [6.45, 7) is 6.19. The first-order chi connectivity index (χ1) is 6.89. The molecule has 0 radical (unpaired) electrons. The van der Waals surface area contributed by atoms with Crippen LogP contribution in [-0.4, -0.2) is 21.1 Å². The fraction of sp³-hybridized carbons (Fsp3) is 0.444. The molecule has 0 bridgehead atoms. The number of aromatic amines is 1. The van der Waals surface area contributed by atoms with E-state index in [1.165, 1.54) is 11.3 Å². The van der Waals surface area contributed by atoms with Gasteiger partial charge in [0.05, 0.1) is 10.4 Å². The summed E-state index contributed by atoms with van der Waals surface area (Å²) < 4.78 is 0.913. The van der Waals surface area contributed by atoms with E-state index in [4.69, 9.17) is 5.73 Å². The summed E-state index contributed by atoms with van der Waals surface area (Å²) >= 11 is 1.29. The Hall–Kier alpha value is -1.43. The molecule has 2 aromatic heterocycles. The van der Waals surface area contributed by atoms with Crippen LogP contribution >= 0.6 is 11.3 Å². The SMILES string of the molecule is CC(C)(C)c1n[nH]c2nc(C(N)=O)sc12. The molecule has 0 saturated carbocycles. The second kappa shape index (κ2) is 3.03. The van der Waals surface area contributed by atoms with Crippen molar-refractivity contribution in [1.29, 1.82) is 0 Å². The lowest BCUT2D eigenvalue weighted by molar-refractivity contribution is 0.1000. The van der Waals surface area contributed by atoms with Crippen LogP contribution in [0.1, 0.15) is 36.3 Å². The highest BCUT2D eigenvalue weighted by atomic mass is 32.1. The molecule has 1 amide bonds. The van der Waals surface area contributed by atoms with E-state index < -0.39 is 5.91 Å². The minimum Gasteiger partial charge on any atom is -0.364 e. The van der Waals surface area contributed by atoms with E-state index in [1.807, 2.05) is 0 Å². The van der Waals surface area contributed by atoms with Crippen LogP contribution in [0.5, 0.6) is 0 Å². The second-order valence-electron chi connectivity index (χ2n) is 4.38. The maximum absolute atomic E-state index is 11.0. The van der Waals surface area contributed by atoms with Crippen molar-refractivity contribution in [1.82, 2.24) is 15.2 Å². The highest BCUT2D eigenvalue weighted by molar-refractivity contribution is 7.20. The van der Waals surface area contributed by atoms with Gasteiger partial charge < -0.3 is 5.73 Å². The summed E-state index contributed by atoms with van der Waals surface area (Å²) in [6, 6.07) is 0. The molecule has 80 valence electrons. The second-order valence-corrected chi connectivity index (χ2v) is 5.38. The third kappa shape index (κ3) is 1.61. The Morgan fingerprint density at radius 1 is 1.47 bits per heavy atom. The number of carbonyl (C=O) groups excluding carboxylic acids is 1. The molecular weight excluding hydrogens is 212 g/mol. The van der Waals surface area contributed by atoms with Crippen molar-refractivity contribution in [2.75, 3.05) is 0 Å². The summed E-state index contributed by atoms with van der Waals surface area (Å²) in [6.07, 6.45) is 0. The van der Waals surface area contributed by atoms with Gasteiger partial charge in [-0.3, -0.25) is 9.89 Å². The van der Waals surface area contributed by atoms with Gasteiger partial charge >= 0.3 is 0 Å². The number of hydrogen-bond acceptors (Lipinski definition) is 4. The Morgan fingerprint density at radius 3 is 2.67 bits per heavy atom. The van der Waals surface area contributed by atoms with Crippen molar-refractivity contribution in [3.05, 3.63) is 10.7 Å². The largest absolute Gasteiger partial charge is 0.364 e. The highest BCUT2D eigenvalue weighted by Gasteiger charge is 2.23. The molecular formula is C9H12N4OS. The van der Waals surface area contributed by atoms with Gasteiger partial charge in [-0.05, 0) is 0 Å². The number of aromatic nitrogens is 3.